The van der Waals surface area contributed by atoms with Gasteiger partial charge in [0.25, 0.3) is 5.69 Å². The van der Waals surface area contributed by atoms with E-state index in [1.165, 1.54) is 18.2 Å². The van der Waals surface area contributed by atoms with E-state index in [4.69, 9.17) is 11.0 Å². The minimum Gasteiger partial charge on any atom is -0.382 e. The van der Waals surface area contributed by atoms with Crippen LogP contribution in [0.3, 0.4) is 0 Å². The highest BCUT2D eigenvalue weighted by atomic mass is 16.6. The molecule has 0 aliphatic heterocycles. The Bertz CT molecular complexity index is 453. The molecule has 0 fully saturated rings. The van der Waals surface area contributed by atoms with E-state index >= 15 is 0 Å². The lowest BCUT2D eigenvalue weighted by atomic mass is 10.1. The Balaban J connectivity index is 2.87. The fraction of sp³-hybridized carbons (Fsp3) is 0.364. The van der Waals surface area contributed by atoms with E-state index < -0.39 is 4.92 Å². The van der Waals surface area contributed by atoms with Gasteiger partial charge in [-0.2, -0.15) is 5.26 Å². The molecule has 0 aliphatic carbocycles. The smallest absolute Gasteiger partial charge is 0.270 e. The van der Waals surface area contributed by atoms with Crippen molar-refractivity contribution < 1.29 is 4.92 Å². The number of non-ortho nitro benzene ring substituents is 1. The van der Waals surface area contributed by atoms with Crippen molar-refractivity contribution in [3.63, 3.8) is 0 Å². The summed E-state index contributed by atoms with van der Waals surface area (Å²) in [6, 6.07) is 6.06. The van der Waals surface area contributed by atoms with Crippen LogP contribution in [0.4, 0.5) is 11.4 Å². The van der Waals surface area contributed by atoms with Crippen LogP contribution < -0.4 is 11.1 Å². The van der Waals surface area contributed by atoms with Gasteiger partial charge in [-0.15, -0.1) is 0 Å². The Labute approximate surface area is 99.2 Å². The minimum atomic E-state index is -0.525. The lowest BCUT2D eigenvalue weighted by Gasteiger charge is -2.12. The highest BCUT2D eigenvalue weighted by molar-refractivity contribution is 5.61. The van der Waals surface area contributed by atoms with E-state index in [2.05, 4.69) is 5.32 Å². The maximum Gasteiger partial charge on any atom is 0.270 e. The molecule has 0 heterocycles. The summed E-state index contributed by atoms with van der Waals surface area (Å²) in [6.07, 6.45) is 0.821. The summed E-state index contributed by atoms with van der Waals surface area (Å²) >= 11 is 0. The van der Waals surface area contributed by atoms with Gasteiger partial charge in [-0.25, -0.2) is 0 Å². The van der Waals surface area contributed by atoms with Gasteiger partial charge in [-0.3, -0.25) is 10.1 Å². The number of nitro groups is 1. The summed E-state index contributed by atoms with van der Waals surface area (Å²) in [5.74, 6) is 0. The number of benzene rings is 1. The van der Waals surface area contributed by atoms with Crippen LogP contribution in [0.1, 0.15) is 18.9 Å². The first-order chi connectivity index (χ1) is 8.08. The maximum atomic E-state index is 10.5. The monoisotopic (exact) mass is 234 g/mol. The van der Waals surface area contributed by atoms with Gasteiger partial charge in [-0.05, 0) is 12.5 Å². The molecular weight excluding hydrogens is 220 g/mol. The first kappa shape index (κ1) is 12.9. The molecule has 3 N–H and O–H groups in total. The third kappa shape index (κ3) is 3.43. The molecule has 0 spiro atoms. The van der Waals surface area contributed by atoms with E-state index in [9.17, 15) is 10.1 Å². The van der Waals surface area contributed by atoms with Gasteiger partial charge in [0, 0.05) is 24.7 Å². The molecule has 0 bridgehead atoms. The predicted molar refractivity (Wildman–Crippen MR) is 64.6 cm³/mol. The first-order valence-electron chi connectivity index (χ1n) is 5.26. The van der Waals surface area contributed by atoms with Crippen molar-refractivity contribution in [2.75, 3.05) is 11.9 Å². The van der Waals surface area contributed by atoms with Crippen molar-refractivity contribution in [3.8, 4) is 6.07 Å². The SMILES string of the molecule is CCC(N)CNc1ccc([N+](=O)[O-])cc1C#N. The highest BCUT2D eigenvalue weighted by Crippen LogP contribution is 2.21. The summed E-state index contributed by atoms with van der Waals surface area (Å²) in [5, 5.41) is 22.5. The van der Waals surface area contributed by atoms with Gasteiger partial charge in [-0.1, -0.05) is 6.92 Å². The van der Waals surface area contributed by atoms with Crippen molar-refractivity contribution in [2.24, 2.45) is 5.73 Å². The topological polar surface area (TPSA) is 105 Å². The van der Waals surface area contributed by atoms with Crippen molar-refractivity contribution in [2.45, 2.75) is 19.4 Å². The predicted octanol–water partition coefficient (Wildman–Crippen LogP) is 1.62. The number of nitro benzene ring substituents is 1. The third-order valence-electron chi connectivity index (χ3n) is 2.41. The summed E-state index contributed by atoms with van der Waals surface area (Å²) in [4.78, 5) is 10.0. The van der Waals surface area contributed by atoms with Gasteiger partial charge in [0.05, 0.1) is 16.2 Å². The number of nitrogens with two attached hydrogens (primary N) is 1. The fourth-order valence-electron chi connectivity index (χ4n) is 1.28. The van der Waals surface area contributed by atoms with Crippen LogP contribution in [0.2, 0.25) is 0 Å². The molecule has 6 nitrogen and oxygen atoms in total. The second-order valence-corrected chi connectivity index (χ2v) is 3.65. The Kier molecular flexibility index (Phi) is 4.43. The average Bonchev–Trinajstić information content (AvgIpc) is 2.35. The zero-order valence-corrected chi connectivity index (χ0v) is 9.51. The van der Waals surface area contributed by atoms with E-state index in [0.717, 1.165) is 6.42 Å². The van der Waals surface area contributed by atoms with E-state index in [1.54, 1.807) is 0 Å². The fourth-order valence-corrected chi connectivity index (χ4v) is 1.28. The van der Waals surface area contributed by atoms with Gasteiger partial charge < -0.3 is 11.1 Å². The van der Waals surface area contributed by atoms with Crippen molar-refractivity contribution in [1.82, 2.24) is 0 Å². The Morgan fingerprint density at radius 3 is 2.88 bits per heavy atom. The first-order valence-corrected chi connectivity index (χ1v) is 5.26. The summed E-state index contributed by atoms with van der Waals surface area (Å²) in [6.45, 7) is 2.50. The van der Waals surface area contributed by atoms with Gasteiger partial charge >= 0.3 is 0 Å². The van der Waals surface area contributed by atoms with Crippen LogP contribution in [0.25, 0.3) is 0 Å². The van der Waals surface area contributed by atoms with Crippen LogP contribution in [-0.4, -0.2) is 17.5 Å². The summed E-state index contributed by atoms with van der Waals surface area (Å²) in [5.41, 5.74) is 6.47. The third-order valence-corrected chi connectivity index (χ3v) is 2.41. The van der Waals surface area contributed by atoms with Crippen LogP contribution in [0.5, 0.6) is 0 Å². The number of nitriles is 1. The molecular formula is C11H14N4O2. The normalized spacial score (nSPS) is 11.6. The molecule has 1 aromatic rings. The maximum absolute atomic E-state index is 10.5. The molecule has 6 heteroatoms. The molecule has 1 atom stereocenters. The zero-order valence-electron chi connectivity index (χ0n) is 9.51. The van der Waals surface area contributed by atoms with Crippen LogP contribution in [0, 0.1) is 21.4 Å². The van der Waals surface area contributed by atoms with Crippen LogP contribution in [-0.2, 0) is 0 Å². The lowest BCUT2D eigenvalue weighted by Crippen LogP contribution is -2.28. The van der Waals surface area contributed by atoms with Crippen molar-refractivity contribution >= 4 is 11.4 Å². The van der Waals surface area contributed by atoms with Gasteiger partial charge in [0.1, 0.15) is 6.07 Å². The number of nitrogens with one attached hydrogen (secondary N) is 1. The molecule has 0 saturated heterocycles. The van der Waals surface area contributed by atoms with Crippen molar-refractivity contribution in [3.05, 3.63) is 33.9 Å². The Hall–Kier alpha value is -2.13. The molecule has 17 heavy (non-hydrogen) atoms. The number of hydrogen-bond acceptors (Lipinski definition) is 5. The zero-order chi connectivity index (χ0) is 12.8. The largest absolute Gasteiger partial charge is 0.382 e. The summed E-state index contributed by atoms with van der Waals surface area (Å²) in [7, 11) is 0. The van der Waals surface area contributed by atoms with Crippen LogP contribution in [0.15, 0.2) is 18.2 Å². The molecule has 1 aromatic carbocycles. The molecule has 1 unspecified atom stereocenters. The number of anilines is 1. The molecule has 0 amide bonds. The molecule has 90 valence electrons. The second-order valence-electron chi connectivity index (χ2n) is 3.65. The Morgan fingerprint density at radius 2 is 2.35 bits per heavy atom. The van der Waals surface area contributed by atoms with Crippen LogP contribution >= 0.6 is 0 Å². The minimum absolute atomic E-state index is 0.00302. The quantitative estimate of drug-likeness (QED) is 0.594. The summed E-state index contributed by atoms with van der Waals surface area (Å²) < 4.78 is 0. The highest BCUT2D eigenvalue weighted by Gasteiger charge is 2.10. The van der Waals surface area contributed by atoms with E-state index in [1.807, 2.05) is 13.0 Å². The molecule has 1 rings (SSSR count). The van der Waals surface area contributed by atoms with Gasteiger partial charge in [0.2, 0.25) is 0 Å². The molecule has 0 saturated carbocycles. The molecule has 0 aliphatic rings. The lowest BCUT2D eigenvalue weighted by molar-refractivity contribution is -0.384. The molecule has 0 aromatic heterocycles. The second kappa shape index (κ2) is 5.82. The Morgan fingerprint density at radius 1 is 1.65 bits per heavy atom. The standard InChI is InChI=1S/C11H14N4O2/c1-2-9(13)7-14-11-4-3-10(15(16)17)5-8(11)6-12/h3-5,9,14H,2,7,13H2,1H3. The van der Waals surface area contributed by atoms with Gasteiger partial charge in [0.15, 0.2) is 0 Å². The number of hydrogen-bond donors (Lipinski definition) is 2. The molecule has 0 radical (unpaired) electrons. The van der Waals surface area contributed by atoms with E-state index in [-0.39, 0.29) is 17.3 Å². The van der Waals surface area contributed by atoms with Crippen molar-refractivity contribution in [1.29, 1.82) is 5.26 Å². The van der Waals surface area contributed by atoms with E-state index in [0.29, 0.717) is 12.2 Å². The average molecular weight is 234 g/mol. The number of rotatable bonds is 5. The number of nitrogens with zero attached hydrogens (tertiary/aromatic N) is 2.